The summed E-state index contributed by atoms with van der Waals surface area (Å²) in [5.41, 5.74) is 2.78. The van der Waals surface area contributed by atoms with Gasteiger partial charge in [-0.25, -0.2) is 4.79 Å². The molecule has 1 fully saturated rings. The third kappa shape index (κ3) is 6.48. The van der Waals surface area contributed by atoms with E-state index in [1.54, 1.807) is 11.9 Å². The van der Waals surface area contributed by atoms with Crippen LogP contribution in [0.5, 0.6) is 11.5 Å². The van der Waals surface area contributed by atoms with Crippen LogP contribution >= 0.6 is 0 Å². The van der Waals surface area contributed by atoms with E-state index in [9.17, 15) is 14.4 Å². The van der Waals surface area contributed by atoms with Crippen LogP contribution in [0.25, 0.3) is 0 Å². The van der Waals surface area contributed by atoms with Crippen LogP contribution in [-0.4, -0.2) is 78.4 Å². The van der Waals surface area contributed by atoms with E-state index in [2.05, 4.69) is 15.5 Å². The number of carbonyl (C=O) groups excluding carboxylic acids is 3. The Hall–Kier alpha value is -4.63. The Labute approximate surface area is 258 Å². The van der Waals surface area contributed by atoms with Crippen molar-refractivity contribution in [2.24, 2.45) is 0 Å². The number of benzene rings is 3. The molecule has 0 saturated carbocycles. The van der Waals surface area contributed by atoms with Gasteiger partial charge in [0.1, 0.15) is 17.5 Å². The molecule has 4 amide bonds. The maximum Gasteiger partial charge on any atom is 0.322 e. The zero-order valence-electron chi connectivity index (χ0n) is 25.1. The molecular weight excluding hydrogens is 554 g/mol. The summed E-state index contributed by atoms with van der Waals surface area (Å²) < 4.78 is 6.04. The van der Waals surface area contributed by atoms with Gasteiger partial charge in [0, 0.05) is 26.6 Å². The summed E-state index contributed by atoms with van der Waals surface area (Å²) in [6.45, 7) is 3.59. The van der Waals surface area contributed by atoms with Gasteiger partial charge in [0.25, 0.3) is 5.91 Å². The highest BCUT2D eigenvalue weighted by Gasteiger charge is 2.46. The number of nitrogens with zero attached hydrogens (tertiary/aromatic N) is 3. The summed E-state index contributed by atoms with van der Waals surface area (Å²) in [5, 5.41) is 6.12. The Bertz CT molecular complexity index is 1520. The second-order valence-corrected chi connectivity index (χ2v) is 11.6. The predicted octanol–water partition coefficient (Wildman–Crippen LogP) is 4.48. The molecule has 3 aliphatic heterocycles. The van der Waals surface area contributed by atoms with Gasteiger partial charge >= 0.3 is 6.03 Å². The van der Waals surface area contributed by atoms with Crippen molar-refractivity contribution in [3.05, 3.63) is 107 Å². The molecule has 1 saturated heterocycles. The number of hydrogen-bond donors (Lipinski definition) is 2. The molecule has 3 aromatic carbocycles. The number of amides is 4. The van der Waals surface area contributed by atoms with Gasteiger partial charge in [-0.15, -0.1) is 0 Å². The van der Waals surface area contributed by atoms with Gasteiger partial charge in [0.05, 0.1) is 23.9 Å². The maximum atomic E-state index is 14.3. The average molecular weight is 594 g/mol. The predicted molar refractivity (Wildman–Crippen MR) is 168 cm³/mol. The number of likely N-dealkylation sites (tertiary alicyclic amines) is 1. The number of ether oxygens (including phenoxy) is 1. The zero-order valence-corrected chi connectivity index (χ0v) is 25.1. The molecule has 0 bridgehead atoms. The average Bonchev–Trinajstić information content (AvgIpc) is 3.40. The summed E-state index contributed by atoms with van der Waals surface area (Å²) in [6, 6.07) is 24.9. The normalized spacial score (nSPS) is 19.4. The van der Waals surface area contributed by atoms with Crippen molar-refractivity contribution in [2.75, 3.05) is 39.8 Å². The van der Waals surface area contributed by atoms with E-state index >= 15 is 0 Å². The second kappa shape index (κ2) is 13.3. The first kappa shape index (κ1) is 29.4. The van der Waals surface area contributed by atoms with Crippen LogP contribution in [0.1, 0.15) is 36.4 Å². The summed E-state index contributed by atoms with van der Waals surface area (Å²) in [7, 11) is 1.66. The Morgan fingerprint density at radius 1 is 0.932 bits per heavy atom. The third-order valence-corrected chi connectivity index (χ3v) is 8.69. The molecule has 2 N–H and O–H groups in total. The molecule has 3 aromatic rings. The summed E-state index contributed by atoms with van der Waals surface area (Å²) in [4.78, 5) is 46.7. The van der Waals surface area contributed by atoms with E-state index in [0.717, 1.165) is 30.8 Å². The van der Waals surface area contributed by atoms with Crippen molar-refractivity contribution in [1.82, 2.24) is 25.3 Å². The van der Waals surface area contributed by atoms with Crippen LogP contribution in [0, 0.1) is 0 Å². The Kier molecular flexibility index (Phi) is 8.93. The van der Waals surface area contributed by atoms with Crippen LogP contribution in [-0.2, 0) is 16.0 Å². The third-order valence-electron chi connectivity index (χ3n) is 8.69. The molecule has 0 radical (unpaired) electrons. The highest BCUT2D eigenvalue weighted by molar-refractivity contribution is 6.03. The van der Waals surface area contributed by atoms with E-state index in [1.807, 2.05) is 84.9 Å². The van der Waals surface area contributed by atoms with E-state index in [4.69, 9.17) is 4.74 Å². The minimum atomic E-state index is -0.728. The van der Waals surface area contributed by atoms with Gasteiger partial charge in [-0.2, -0.15) is 0 Å². The number of likely N-dealkylation sites (N-methyl/N-ethyl adjacent to an activating group) is 1. The lowest BCUT2D eigenvalue weighted by molar-refractivity contribution is -0.136. The van der Waals surface area contributed by atoms with Gasteiger partial charge in [0.2, 0.25) is 5.91 Å². The fourth-order valence-corrected chi connectivity index (χ4v) is 6.29. The summed E-state index contributed by atoms with van der Waals surface area (Å²) in [6.07, 6.45) is 4.01. The minimum Gasteiger partial charge on any atom is -0.457 e. The lowest BCUT2D eigenvalue weighted by Crippen LogP contribution is -2.51. The summed E-state index contributed by atoms with van der Waals surface area (Å²) >= 11 is 0. The molecule has 2 unspecified atom stereocenters. The first-order chi connectivity index (χ1) is 21.5. The molecule has 2 atom stereocenters. The lowest BCUT2D eigenvalue weighted by Gasteiger charge is -2.31. The van der Waals surface area contributed by atoms with Crippen LogP contribution in [0.4, 0.5) is 4.79 Å². The first-order valence-corrected chi connectivity index (χ1v) is 15.4. The fraction of sp³-hybridized carbons (Fsp3) is 0.343. The number of urea groups is 1. The second-order valence-electron chi connectivity index (χ2n) is 11.6. The number of rotatable bonds is 10. The molecule has 0 aromatic heterocycles. The Balaban J connectivity index is 1.25. The molecule has 0 spiro atoms. The molecule has 0 aliphatic carbocycles. The Morgan fingerprint density at radius 2 is 1.64 bits per heavy atom. The molecule has 9 nitrogen and oxygen atoms in total. The number of para-hydroxylation sites is 1. The largest absolute Gasteiger partial charge is 0.457 e. The molecule has 6 rings (SSSR count). The number of carbonyl (C=O) groups is 3. The molecule has 44 heavy (non-hydrogen) atoms. The van der Waals surface area contributed by atoms with E-state index in [-0.39, 0.29) is 24.4 Å². The van der Waals surface area contributed by atoms with Gasteiger partial charge in [-0.05, 0) is 61.3 Å². The van der Waals surface area contributed by atoms with E-state index in [1.165, 1.54) is 24.2 Å². The molecule has 3 heterocycles. The number of hydrogen-bond acceptors (Lipinski definition) is 5. The van der Waals surface area contributed by atoms with Crippen LogP contribution in [0.3, 0.4) is 0 Å². The van der Waals surface area contributed by atoms with Crippen molar-refractivity contribution in [3.8, 4) is 11.5 Å². The maximum absolute atomic E-state index is 14.3. The van der Waals surface area contributed by atoms with Gasteiger partial charge in [-0.3, -0.25) is 14.5 Å². The zero-order chi connectivity index (χ0) is 30.5. The topological polar surface area (TPSA) is 94.2 Å². The van der Waals surface area contributed by atoms with Crippen molar-refractivity contribution in [3.63, 3.8) is 0 Å². The van der Waals surface area contributed by atoms with Crippen molar-refractivity contribution in [1.29, 1.82) is 0 Å². The van der Waals surface area contributed by atoms with Gasteiger partial charge in [-0.1, -0.05) is 67.1 Å². The van der Waals surface area contributed by atoms with Crippen LogP contribution in [0.15, 0.2) is 96.2 Å². The SMILES string of the molecule is CN1C(=O)NC(c2cccc(Oc3ccccc3)c2)C2=C1CN(C(Cc1ccccc1)C(=O)NCCN1CCCCC1)C2=O. The highest BCUT2D eigenvalue weighted by atomic mass is 16.5. The van der Waals surface area contributed by atoms with Crippen molar-refractivity contribution in [2.45, 2.75) is 37.8 Å². The minimum absolute atomic E-state index is 0.172. The standard InChI is InChI=1S/C35H39N5O4/c1-38-30-24-40(29(22-25-12-5-2-6-13-25)33(41)36-18-21-39-19-9-4-10-20-39)34(42)31(30)32(37-35(38)43)26-14-11-17-28(23-26)44-27-15-7-3-8-16-27/h2-3,5-8,11-17,23,29,32H,4,9-10,18-22,24H2,1H3,(H,36,41)(H,37,43). The van der Waals surface area contributed by atoms with Gasteiger partial charge in [0.15, 0.2) is 0 Å². The van der Waals surface area contributed by atoms with Crippen LogP contribution in [0.2, 0.25) is 0 Å². The lowest BCUT2D eigenvalue weighted by atomic mass is 9.95. The quantitative estimate of drug-likeness (QED) is 0.362. The fourth-order valence-electron chi connectivity index (χ4n) is 6.29. The molecular formula is C35H39N5O4. The van der Waals surface area contributed by atoms with Crippen molar-refractivity contribution < 1.29 is 19.1 Å². The highest BCUT2D eigenvalue weighted by Crippen LogP contribution is 2.38. The van der Waals surface area contributed by atoms with E-state index in [0.29, 0.717) is 35.7 Å². The van der Waals surface area contributed by atoms with E-state index < -0.39 is 12.1 Å². The number of piperidine rings is 1. The monoisotopic (exact) mass is 593 g/mol. The molecule has 228 valence electrons. The smallest absolute Gasteiger partial charge is 0.322 e. The first-order valence-electron chi connectivity index (χ1n) is 15.4. The molecule has 9 heteroatoms. The summed E-state index contributed by atoms with van der Waals surface area (Å²) in [5.74, 6) is 0.852. The van der Waals surface area contributed by atoms with Crippen LogP contribution < -0.4 is 15.4 Å². The van der Waals surface area contributed by atoms with Crippen molar-refractivity contribution >= 4 is 17.8 Å². The Morgan fingerprint density at radius 3 is 2.39 bits per heavy atom. The van der Waals surface area contributed by atoms with Gasteiger partial charge < -0.3 is 25.2 Å². The number of nitrogens with one attached hydrogen (secondary N) is 2. The molecule has 3 aliphatic rings.